The van der Waals surface area contributed by atoms with Crippen LogP contribution >= 0.6 is 0 Å². The third-order valence-corrected chi connectivity index (χ3v) is 6.05. The lowest BCUT2D eigenvalue weighted by atomic mass is 10.0. The van der Waals surface area contributed by atoms with Crippen LogP contribution in [0.15, 0.2) is 48.5 Å². The van der Waals surface area contributed by atoms with E-state index in [1.54, 1.807) is 0 Å². The first kappa shape index (κ1) is 17.5. The van der Waals surface area contributed by atoms with Crippen molar-refractivity contribution in [3.63, 3.8) is 0 Å². The molecule has 0 saturated heterocycles. The lowest BCUT2D eigenvalue weighted by Crippen LogP contribution is -2.18. The van der Waals surface area contributed by atoms with Gasteiger partial charge in [-0.25, -0.2) is 0 Å². The zero-order valence-electron chi connectivity index (χ0n) is 14.6. The summed E-state index contributed by atoms with van der Waals surface area (Å²) in [7, 11) is -0.858. The number of benzene rings is 2. The van der Waals surface area contributed by atoms with Crippen LogP contribution in [0.25, 0.3) is 11.1 Å². The van der Waals surface area contributed by atoms with E-state index in [9.17, 15) is 0 Å². The van der Waals surface area contributed by atoms with Crippen molar-refractivity contribution in [2.24, 2.45) is 0 Å². The molecule has 0 saturated carbocycles. The van der Waals surface area contributed by atoms with Crippen LogP contribution in [0.4, 0.5) is 0 Å². The number of aryl methyl sites for hydroxylation is 1. The van der Waals surface area contributed by atoms with E-state index in [-0.39, 0.29) is 0 Å². The summed E-state index contributed by atoms with van der Waals surface area (Å²) in [6.07, 6.45) is 5.21. The molecule has 0 aliphatic carbocycles. The van der Waals surface area contributed by atoms with Gasteiger partial charge >= 0.3 is 0 Å². The number of hydrogen-bond donors (Lipinski definition) is 0. The minimum absolute atomic E-state index is 0.712. The van der Waals surface area contributed by atoms with Gasteiger partial charge < -0.3 is 0 Å². The fourth-order valence-electron chi connectivity index (χ4n) is 2.76. The number of rotatable bonds is 7. The van der Waals surface area contributed by atoms with Crippen molar-refractivity contribution in [3.05, 3.63) is 59.7 Å². The van der Waals surface area contributed by atoms with Crippen molar-refractivity contribution < 1.29 is 0 Å². The lowest BCUT2D eigenvalue weighted by molar-refractivity contribution is 0.711. The summed E-state index contributed by atoms with van der Waals surface area (Å²) in [4.78, 5) is 0. The van der Waals surface area contributed by atoms with Crippen LogP contribution in [0.3, 0.4) is 0 Å². The van der Waals surface area contributed by atoms with Crippen LogP contribution in [-0.4, -0.2) is 8.07 Å². The fraction of sp³-hybridized carbons (Fsp3) is 0.381. The number of unbranched alkanes of at least 4 members (excludes halogenated alkanes) is 2. The third-order valence-electron chi connectivity index (χ3n) is 4.19. The van der Waals surface area contributed by atoms with E-state index >= 15 is 0 Å². The molecule has 23 heavy (non-hydrogen) atoms. The molecule has 0 aliphatic rings. The minimum atomic E-state index is -0.858. The fourth-order valence-corrected chi connectivity index (χ4v) is 4.07. The number of nitriles is 1. The molecule has 0 radical (unpaired) electrons. The van der Waals surface area contributed by atoms with Gasteiger partial charge in [0.2, 0.25) is 0 Å². The Labute approximate surface area is 142 Å². The quantitative estimate of drug-likeness (QED) is 0.435. The molecule has 1 nitrogen and oxygen atoms in total. The van der Waals surface area contributed by atoms with Crippen molar-refractivity contribution in [3.8, 4) is 17.2 Å². The van der Waals surface area contributed by atoms with Gasteiger partial charge in [-0.05, 0) is 41.7 Å². The van der Waals surface area contributed by atoms with E-state index in [1.165, 1.54) is 48.4 Å². The van der Waals surface area contributed by atoms with Gasteiger partial charge in [0.25, 0.3) is 0 Å². The lowest BCUT2D eigenvalue weighted by Gasteiger charge is -2.14. The van der Waals surface area contributed by atoms with Crippen molar-refractivity contribution in [1.82, 2.24) is 0 Å². The molecule has 0 spiro atoms. The van der Waals surface area contributed by atoms with Gasteiger partial charge in [0, 0.05) is 8.07 Å². The van der Waals surface area contributed by atoms with Crippen LogP contribution in [0.2, 0.25) is 25.7 Å². The Kier molecular flexibility index (Phi) is 6.18. The van der Waals surface area contributed by atoms with Gasteiger partial charge in [-0.2, -0.15) is 5.26 Å². The van der Waals surface area contributed by atoms with Crippen LogP contribution in [0, 0.1) is 11.3 Å². The Morgan fingerprint density at radius 1 is 0.783 bits per heavy atom. The molecule has 2 heteroatoms. The molecule has 2 rings (SSSR count). The topological polar surface area (TPSA) is 23.8 Å². The van der Waals surface area contributed by atoms with Crippen molar-refractivity contribution in [2.45, 2.75) is 51.4 Å². The predicted molar refractivity (Wildman–Crippen MR) is 102 cm³/mol. The molecule has 0 heterocycles. The Balaban J connectivity index is 1.83. The summed E-state index contributed by atoms with van der Waals surface area (Å²) in [6.45, 7) is 7.36. The van der Waals surface area contributed by atoms with E-state index in [2.05, 4.69) is 50.0 Å². The van der Waals surface area contributed by atoms with E-state index in [4.69, 9.17) is 5.26 Å². The summed E-state index contributed by atoms with van der Waals surface area (Å²) in [5.41, 5.74) is 4.53. The zero-order chi connectivity index (χ0) is 16.7. The van der Waals surface area contributed by atoms with E-state index < -0.39 is 8.07 Å². The van der Waals surface area contributed by atoms with Gasteiger partial charge in [0.05, 0.1) is 11.6 Å². The summed E-state index contributed by atoms with van der Waals surface area (Å²) < 4.78 is 0. The van der Waals surface area contributed by atoms with E-state index in [0.29, 0.717) is 5.56 Å². The molecule has 0 aliphatic heterocycles. The second-order valence-electron chi connectivity index (χ2n) is 7.51. The molecule has 2 aromatic carbocycles. The Bertz CT molecular complexity index is 642. The molecule has 0 bridgehead atoms. The molecular weight excluding hydrogens is 294 g/mol. The Morgan fingerprint density at radius 2 is 1.35 bits per heavy atom. The average molecular weight is 322 g/mol. The maximum Gasteiger partial charge on any atom is 0.0991 e. The highest BCUT2D eigenvalue weighted by atomic mass is 28.3. The standard InChI is InChI=1S/C21H27NSi/c1-23(2,3)16-6-4-5-7-18-8-12-20(13-9-18)21-14-10-19(17-22)11-15-21/h8-15H,4-7,16H2,1-3H3. The highest BCUT2D eigenvalue weighted by molar-refractivity contribution is 6.76. The number of nitrogens with zero attached hydrogens (tertiary/aromatic N) is 1. The van der Waals surface area contributed by atoms with Crippen molar-refractivity contribution >= 4 is 8.07 Å². The summed E-state index contributed by atoms with van der Waals surface area (Å²) >= 11 is 0. The van der Waals surface area contributed by atoms with Gasteiger partial charge in [-0.15, -0.1) is 0 Å². The summed E-state index contributed by atoms with van der Waals surface area (Å²) in [6, 6.07) is 20.3. The number of hydrogen-bond acceptors (Lipinski definition) is 1. The highest BCUT2D eigenvalue weighted by Crippen LogP contribution is 2.21. The molecule has 0 unspecified atom stereocenters. The normalized spacial score (nSPS) is 11.2. The molecular formula is C21H27NSi. The largest absolute Gasteiger partial charge is 0.192 e. The van der Waals surface area contributed by atoms with Gasteiger partial charge in [0.15, 0.2) is 0 Å². The maximum atomic E-state index is 8.85. The molecule has 120 valence electrons. The van der Waals surface area contributed by atoms with E-state index in [0.717, 1.165) is 0 Å². The van der Waals surface area contributed by atoms with E-state index in [1.807, 2.05) is 24.3 Å². The third kappa shape index (κ3) is 6.04. The van der Waals surface area contributed by atoms with Gasteiger partial charge in [0.1, 0.15) is 0 Å². The Hall–Kier alpha value is -1.85. The molecule has 0 N–H and O–H groups in total. The first-order valence-electron chi connectivity index (χ1n) is 8.57. The first-order valence-corrected chi connectivity index (χ1v) is 12.3. The molecule has 0 aromatic heterocycles. The second kappa shape index (κ2) is 8.13. The SMILES string of the molecule is C[Si](C)(C)CCCCCc1ccc(-c2ccc(C#N)cc2)cc1. The van der Waals surface area contributed by atoms with Crippen molar-refractivity contribution in [2.75, 3.05) is 0 Å². The monoisotopic (exact) mass is 321 g/mol. The Morgan fingerprint density at radius 3 is 1.87 bits per heavy atom. The van der Waals surface area contributed by atoms with Crippen LogP contribution < -0.4 is 0 Å². The summed E-state index contributed by atoms with van der Waals surface area (Å²) in [5, 5.41) is 8.85. The van der Waals surface area contributed by atoms with Gasteiger partial charge in [-0.1, -0.05) is 74.9 Å². The molecule has 2 aromatic rings. The van der Waals surface area contributed by atoms with Crippen LogP contribution in [-0.2, 0) is 6.42 Å². The maximum absolute atomic E-state index is 8.85. The van der Waals surface area contributed by atoms with Crippen LogP contribution in [0.1, 0.15) is 30.4 Å². The first-order chi connectivity index (χ1) is 11.0. The average Bonchev–Trinajstić information content (AvgIpc) is 2.54. The molecule has 0 amide bonds. The molecule has 0 atom stereocenters. The van der Waals surface area contributed by atoms with Gasteiger partial charge in [-0.3, -0.25) is 0 Å². The minimum Gasteiger partial charge on any atom is -0.192 e. The smallest absolute Gasteiger partial charge is 0.0991 e. The second-order valence-corrected chi connectivity index (χ2v) is 13.1. The van der Waals surface area contributed by atoms with Crippen molar-refractivity contribution in [1.29, 1.82) is 5.26 Å². The summed E-state index contributed by atoms with van der Waals surface area (Å²) in [5.74, 6) is 0. The zero-order valence-corrected chi connectivity index (χ0v) is 15.6. The van der Waals surface area contributed by atoms with Crippen LogP contribution in [0.5, 0.6) is 0 Å². The predicted octanol–water partition coefficient (Wildman–Crippen LogP) is 6.28. The highest BCUT2D eigenvalue weighted by Gasteiger charge is 2.11. The molecule has 0 fully saturated rings.